The summed E-state index contributed by atoms with van der Waals surface area (Å²) in [6, 6.07) is 8.98. The van der Waals surface area contributed by atoms with E-state index in [4.69, 9.17) is 0 Å². The number of nitrogens with zero attached hydrogens (tertiary/aromatic N) is 2. The normalized spacial score (nSPS) is 11.1. The Hall–Kier alpha value is -2.39. The molecule has 0 fully saturated rings. The van der Waals surface area contributed by atoms with Crippen LogP contribution in [0.25, 0.3) is 0 Å². The number of urea groups is 1. The maximum absolute atomic E-state index is 11.5. The SMILES string of the molecule is O=C(N/N=C\c1cc(Br)ccc1O)N/N=C/c1cc(Br)ccc1O. The first-order valence-electron chi connectivity index (χ1n) is 6.55. The minimum Gasteiger partial charge on any atom is -0.507 e. The number of hydrogen-bond donors (Lipinski definition) is 4. The Morgan fingerprint density at radius 3 is 1.71 bits per heavy atom. The van der Waals surface area contributed by atoms with Crippen LogP contribution in [0.1, 0.15) is 11.1 Å². The van der Waals surface area contributed by atoms with Gasteiger partial charge in [0.05, 0.1) is 12.4 Å². The van der Waals surface area contributed by atoms with Crippen molar-refractivity contribution < 1.29 is 15.0 Å². The van der Waals surface area contributed by atoms with Crippen LogP contribution in [-0.4, -0.2) is 28.7 Å². The molecular weight excluding hydrogens is 444 g/mol. The number of phenols is 2. The molecule has 9 heteroatoms. The molecule has 0 aliphatic rings. The summed E-state index contributed by atoms with van der Waals surface area (Å²) in [6.45, 7) is 0. The Bertz CT molecular complexity index is 744. The van der Waals surface area contributed by atoms with Gasteiger partial charge in [0.2, 0.25) is 0 Å². The maximum Gasteiger partial charge on any atom is 0.355 e. The summed E-state index contributed by atoms with van der Waals surface area (Å²) in [4.78, 5) is 11.5. The number of nitrogens with one attached hydrogen (secondary N) is 2. The summed E-state index contributed by atoms with van der Waals surface area (Å²) in [6.07, 6.45) is 2.59. The molecule has 0 saturated heterocycles. The van der Waals surface area contributed by atoms with E-state index >= 15 is 0 Å². The Labute approximate surface area is 154 Å². The van der Waals surface area contributed by atoms with E-state index in [1.165, 1.54) is 24.6 Å². The van der Waals surface area contributed by atoms with Crippen LogP contribution in [0, 0.1) is 0 Å². The third-order valence-corrected chi connectivity index (χ3v) is 3.71. The molecule has 0 atom stereocenters. The summed E-state index contributed by atoms with van der Waals surface area (Å²) >= 11 is 6.54. The summed E-state index contributed by atoms with van der Waals surface area (Å²) in [5.74, 6) is 0.0691. The maximum atomic E-state index is 11.5. The lowest BCUT2D eigenvalue weighted by molar-refractivity contribution is 0.242. The quantitative estimate of drug-likeness (QED) is 0.419. The minimum absolute atomic E-state index is 0.0345. The second kappa shape index (κ2) is 8.46. The highest BCUT2D eigenvalue weighted by Gasteiger charge is 2.01. The van der Waals surface area contributed by atoms with E-state index < -0.39 is 6.03 Å². The summed E-state index contributed by atoms with van der Waals surface area (Å²) < 4.78 is 1.54. The Kier molecular flexibility index (Phi) is 6.33. The average molecular weight is 456 g/mol. The highest BCUT2D eigenvalue weighted by atomic mass is 79.9. The fraction of sp³-hybridized carbons (Fsp3) is 0. The number of carbonyl (C=O) groups excluding carboxylic acids is 1. The standard InChI is InChI=1S/C15H12Br2N4O3/c16-11-1-3-13(22)9(5-11)7-18-20-15(24)21-19-8-10-6-12(17)2-4-14(10)23/h1-8,22-23H,(H2,20,21,24)/b18-7-,19-8+. The molecule has 24 heavy (non-hydrogen) atoms. The lowest BCUT2D eigenvalue weighted by Crippen LogP contribution is -2.28. The van der Waals surface area contributed by atoms with Gasteiger partial charge in [0.15, 0.2) is 0 Å². The molecule has 0 heterocycles. The molecule has 2 amide bonds. The summed E-state index contributed by atoms with van der Waals surface area (Å²) in [5.41, 5.74) is 5.27. The van der Waals surface area contributed by atoms with Crippen LogP contribution >= 0.6 is 31.9 Å². The zero-order chi connectivity index (χ0) is 17.5. The molecule has 0 aliphatic heterocycles. The molecule has 2 aromatic rings. The van der Waals surface area contributed by atoms with Gasteiger partial charge in [0.25, 0.3) is 0 Å². The van der Waals surface area contributed by atoms with E-state index in [2.05, 4.69) is 52.9 Å². The van der Waals surface area contributed by atoms with E-state index in [0.29, 0.717) is 11.1 Å². The van der Waals surface area contributed by atoms with E-state index in [0.717, 1.165) is 8.95 Å². The van der Waals surface area contributed by atoms with E-state index in [1.54, 1.807) is 24.3 Å². The van der Waals surface area contributed by atoms with Crippen molar-refractivity contribution in [3.63, 3.8) is 0 Å². The number of hydrogen-bond acceptors (Lipinski definition) is 5. The largest absolute Gasteiger partial charge is 0.507 e. The van der Waals surface area contributed by atoms with Gasteiger partial charge in [-0.05, 0) is 36.4 Å². The third-order valence-electron chi connectivity index (χ3n) is 2.72. The van der Waals surface area contributed by atoms with Crippen LogP contribution in [0.4, 0.5) is 4.79 Å². The summed E-state index contributed by atoms with van der Waals surface area (Å²) in [7, 11) is 0. The molecule has 0 saturated carbocycles. The van der Waals surface area contributed by atoms with Gasteiger partial charge in [0, 0.05) is 20.1 Å². The molecule has 124 valence electrons. The summed E-state index contributed by atoms with van der Waals surface area (Å²) in [5, 5.41) is 26.7. The first kappa shape index (κ1) is 18.0. The topological polar surface area (TPSA) is 106 Å². The van der Waals surface area contributed by atoms with Crippen LogP contribution in [0.5, 0.6) is 11.5 Å². The van der Waals surface area contributed by atoms with Crippen LogP contribution in [0.2, 0.25) is 0 Å². The van der Waals surface area contributed by atoms with Crippen LogP contribution < -0.4 is 10.9 Å². The van der Waals surface area contributed by atoms with Gasteiger partial charge >= 0.3 is 6.03 Å². The van der Waals surface area contributed by atoms with Crippen molar-refractivity contribution in [1.29, 1.82) is 0 Å². The Morgan fingerprint density at radius 1 is 0.875 bits per heavy atom. The van der Waals surface area contributed by atoms with Gasteiger partial charge in [-0.1, -0.05) is 31.9 Å². The highest BCUT2D eigenvalue weighted by Crippen LogP contribution is 2.20. The molecule has 0 bridgehead atoms. The Balaban J connectivity index is 1.89. The lowest BCUT2D eigenvalue weighted by atomic mass is 10.2. The number of rotatable bonds is 4. The van der Waals surface area contributed by atoms with Crippen molar-refractivity contribution in [2.75, 3.05) is 0 Å². The minimum atomic E-state index is -0.675. The van der Waals surface area contributed by atoms with Gasteiger partial charge in [0.1, 0.15) is 11.5 Å². The smallest absolute Gasteiger partial charge is 0.355 e. The highest BCUT2D eigenvalue weighted by molar-refractivity contribution is 9.10. The van der Waals surface area contributed by atoms with E-state index in [-0.39, 0.29) is 11.5 Å². The first-order valence-corrected chi connectivity index (χ1v) is 8.13. The lowest BCUT2D eigenvalue weighted by Gasteiger charge is -2.01. The monoisotopic (exact) mass is 454 g/mol. The fourth-order valence-corrected chi connectivity index (χ4v) is 2.36. The van der Waals surface area contributed by atoms with Crippen molar-refractivity contribution in [3.05, 3.63) is 56.5 Å². The predicted octanol–water partition coefficient (Wildman–Crippen LogP) is 3.29. The predicted molar refractivity (Wildman–Crippen MR) is 98.5 cm³/mol. The molecule has 2 rings (SSSR count). The molecule has 2 aromatic carbocycles. The molecule has 4 N–H and O–H groups in total. The van der Waals surface area contributed by atoms with Crippen LogP contribution in [-0.2, 0) is 0 Å². The number of carbonyl (C=O) groups is 1. The van der Waals surface area contributed by atoms with Gasteiger partial charge in [-0.3, -0.25) is 0 Å². The van der Waals surface area contributed by atoms with Crippen molar-refractivity contribution in [3.8, 4) is 11.5 Å². The van der Waals surface area contributed by atoms with Gasteiger partial charge in [-0.2, -0.15) is 10.2 Å². The number of benzene rings is 2. The van der Waals surface area contributed by atoms with Crippen LogP contribution in [0.15, 0.2) is 55.5 Å². The molecule has 0 spiro atoms. The molecule has 0 radical (unpaired) electrons. The van der Waals surface area contributed by atoms with Crippen LogP contribution in [0.3, 0.4) is 0 Å². The van der Waals surface area contributed by atoms with Gasteiger partial charge in [-0.25, -0.2) is 15.6 Å². The zero-order valence-electron chi connectivity index (χ0n) is 12.1. The zero-order valence-corrected chi connectivity index (χ0v) is 15.2. The van der Waals surface area contributed by atoms with Gasteiger partial charge in [-0.15, -0.1) is 0 Å². The van der Waals surface area contributed by atoms with Crippen molar-refractivity contribution >= 4 is 50.3 Å². The Morgan fingerprint density at radius 2 is 1.29 bits per heavy atom. The molecule has 0 unspecified atom stereocenters. The fourth-order valence-electron chi connectivity index (χ4n) is 1.60. The van der Waals surface area contributed by atoms with Crippen molar-refractivity contribution in [2.45, 2.75) is 0 Å². The first-order chi connectivity index (χ1) is 11.5. The van der Waals surface area contributed by atoms with Gasteiger partial charge < -0.3 is 10.2 Å². The number of amides is 2. The number of phenolic OH excluding ortho intramolecular Hbond substituents is 2. The van der Waals surface area contributed by atoms with Crippen molar-refractivity contribution in [1.82, 2.24) is 10.9 Å². The molecule has 0 aromatic heterocycles. The molecule has 0 aliphatic carbocycles. The number of aromatic hydroxyl groups is 2. The third kappa shape index (κ3) is 5.36. The van der Waals surface area contributed by atoms with Crippen molar-refractivity contribution in [2.24, 2.45) is 10.2 Å². The van der Waals surface area contributed by atoms with E-state index in [1.807, 2.05) is 0 Å². The molecular formula is C15H12Br2N4O3. The number of halogens is 2. The second-order valence-electron chi connectivity index (χ2n) is 4.48. The second-order valence-corrected chi connectivity index (χ2v) is 6.31. The molecule has 7 nitrogen and oxygen atoms in total. The number of hydrazone groups is 2. The van der Waals surface area contributed by atoms with E-state index in [9.17, 15) is 15.0 Å². The average Bonchev–Trinajstić information content (AvgIpc) is 2.54.